The zero-order valence-corrected chi connectivity index (χ0v) is 14.9. The molecular weight excluding hydrogens is 361 g/mol. The van der Waals surface area contributed by atoms with Gasteiger partial charge in [-0.05, 0) is 49.2 Å². The molecule has 0 unspecified atom stereocenters. The van der Waals surface area contributed by atoms with Crippen LogP contribution in [0.15, 0.2) is 42.5 Å². The molecule has 2 aromatic rings. The number of anilines is 3. The van der Waals surface area contributed by atoms with Crippen LogP contribution in [-0.2, 0) is 9.59 Å². The Bertz CT molecular complexity index is 787. The molecule has 1 heterocycles. The SMILES string of the molecule is O=C(Nc1ccc(N2CCCC2)cc1)C(=O)Nc1cccc(Cl)c1Cl. The van der Waals surface area contributed by atoms with Crippen molar-refractivity contribution >= 4 is 52.1 Å². The quantitative estimate of drug-likeness (QED) is 0.788. The summed E-state index contributed by atoms with van der Waals surface area (Å²) >= 11 is 11.9. The Morgan fingerprint density at radius 3 is 2.20 bits per heavy atom. The van der Waals surface area contributed by atoms with E-state index in [0.29, 0.717) is 16.4 Å². The Kier molecular flexibility index (Phi) is 5.46. The number of hydrogen-bond acceptors (Lipinski definition) is 3. The van der Waals surface area contributed by atoms with Gasteiger partial charge in [0, 0.05) is 24.5 Å². The zero-order valence-electron chi connectivity index (χ0n) is 13.4. The van der Waals surface area contributed by atoms with Crippen molar-refractivity contribution in [2.75, 3.05) is 28.6 Å². The Hall–Kier alpha value is -2.24. The van der Waals surface area contributed by atoms with Gasteiger partial charge in [-0.25, -0.2) is 0 Å². The highest BCUT2D eigenvalue weighted by molar-refractivity contribution is 6.47. The molecule has 0 atom stereocenters. The molecule has 1 fully saturated rings. The summed E-state index contributed by atoms with van der Waals surface area (Å²) in [6.45, 7) is 2.10. The van der Waals surface area contributed by atoms with Crippen LogP contribution in [0.2, 0.25) is 10.0 Å². The number of amides is 2. The first-order valence-corrected chi connectivity index (χ1v) is 8.71. The van der Waals surface area contributed by atoms with Crippen LogP contribution in [0.25, 0.3) is 0 Å². The van der Waals surface area contributed by atoms with Gasteiger partial charge in [0.05, 0.1) is 15.7 Å². The number of nitrogens with zero attached hydrogens (tertiary/aromatic N) is 1. The molecule has 3 rings (SSSR count). The van der Waals surface area contributed by atoms with E-state index in [2.05, 4.69) is 15.5 Å². The fraction of sp³-hybridized carbons (Fsp3) is 0.222. The molecule has 0 spiro atoms. The first-order chi connectivity index (χ1) is 12.0. The number of nitrogens with one attached hydrogen (secondary N) is 2. The lowest BCUT2D eigenvalue weighted by Crippen LogP contribution is -2.29. The smallest absolute Gasteiger partial charge is 0.314 e. The van der Waals surface area contributed by atoms with Gasteiger partial charge in [0.2, 0.25) is 0 Å². The van der Waals surface area contributed by atoms with E-state index >= 15 is 0 Å². The number of benzene rings is 2. The molecule has 0 radical (unpaired) electrons. The van der Waals surface area contributed by atoms with Crippen LogP contribution in [-0.4, -0.2) is 24.9 Å². The molecule has 0 bridgehead atoms. The van der Waals surface area contributed by atoms with E-state index in [1.165, 1.54) is 12.8 Å². The standard InChI is InChI=1S/C18H17Cl2N3O2/c19-14-4-3-5-15(16(14)20)22-18(25)17(24)21-12-6-8-13(9-7-12)23-10-1-2-11-23/h3-9H,1-2,10-11H2,(H,21,24)(H,22,25). The van der Waals surface area contributed by atoms with Crippen LogP contribution in [0.1, 0.15) is 12.8 Å². The van der Waals surface area contributed by atoms with Crippen molar-refractivity contribution in [1.82, 2.24) is 0 Å². The molecule has 2 N–H and O–H groups in total. The summed E-state index contributed by atoms with van der Waals surface area (Å²) in [6.07, 6.45) is 2.40. The van der Waals surface area contributed by atoms with Crippen LogP contribution >= 0.6 is 23.2 Å². The summed E-state index contributed by atoms with van der Waals surface area (Å²) in [5, 5.41) is 5.52. The Labute approximate surface area is 155 Å². The highest BCUT2D eigenvalue weighted by Crippen LogP contribution is 2.29. The fourth-order valence-electron chi connectivity index (χ4n) is 2.70. The van der Waals surface area contributed by atoms with Gasteiger partial charge in [0.1, 0.15) is 0 Å². The first kappa shape index (κ1) is 17.6. The maximum Gasteiger partial charge on any atom is 0.314 e. The van der Waals surface area contributed by atoms with E-state index < -0.39 is 11.8 Å². The molecular formula is C18H17Cl2N3O2. The van der Waals surface area contributed by atoms with Crippen LogP contribution in [0.4, 0.5) is 17.1 Å². The number of hydrogen-bond donors (Lipinski definition) is 2. The number of carbonyl (C=O) groups is 2. The molecule has 0 aromatic heterocycles. The van der Waals surface area contributed by atoms with Gasteiger partial charge in [0.25, 0.3) is 0 Å². The summed E-state index contributed by atoms with van der Waals surface area (Å²) in [5.41, 5.74) is 1.96. The Balaban J connectivity index is 1.61. The van der Waals surface area contributed by atoms with Crippen molar-refractivity contribution in [3.8, 4) is 0 Å². The molecule has 2 amide bonds. The van der Waals surface area contributed by atoms with Crippen molar-refractivity contribution in [2.24, 2.45) is 0 Å². The average molecular weight is 378 g/mol. The first-order valence-electron chi connectivity index (χ1n) is 7.96. The highest BCUT2D eigenvalue weighted by Gasteiger charge is 2.17. The molecule has 0 aliphatic carbocycles. The van der Waals surface area contributed by atoms with E-state index in [0.717, 1.165) is 18.8 Å². The second-order valence-electron chi connectivity index (χ2n) is 5.75. The number of carbonyl (C=O) groups excluding carboxylic acids is 2. The van der Waals surface area contributed by atoms with E-state index in [1.807, 2.05) is 12.1 Å². The average Bonchev–Trinajstić information content (AvgIpc) is 3.14. The second-order valence-corrected chi connectivity index (χ2v) is 6.54. The molecule has 7 heteroatoms. The fourth-order valence-corrected chi connectivity index (χ4v) is 3.05. The number of halogens is 2. The highest BCUT2D eigenvalue weighted by atomic mass is 35.5. The van der Waals surface area contributed by atoms with E-state index in [4.69, 9.17) is 23.2 Å². The van der Waals surface area contributed by atoms with Crippen molar-refractivity contribution in [1.29, 1.82) is 0 Å². The van der Waals surface area contributed by atoms with Gasteiger partial charge in [-0.1, -0.05) is 29.3 Å². The van der Waals surface area contributed by atoms with Crippen molar-refractivity contribution in [3.05, 3.63) is 52.5 Å². The van der Waals surface area contributed by atoms with Crippen LogP contribution in [0, 0.1) is 0 Å². The third kappa shape index (κ3) is 4.24. The zero-order chi connectivity index (χ0) is 17.8. The van der Waals surface area contributed by atoms with Crippen molar-refractivity contribution in [3.63, 3.8) is 0 Å². The van der Waals surface area contributed by atoms with Gasteiger partial charge in [-0.3, -0.25) is 9.59 Å². The lowest BCUT2D eigenvalue weighted by molar-refractivity contribution is -0.132. The largest absolute Gasteiger partial charge is 0.372 e. The predicted molar refractivity (Wildman–Crippen MR) is 102 cm³/mol. The summed E-state index contributed by atoms with van der Waals surface area (Å²) in [5.74, 6) is -1.59. The summed E-state index contributed by atoms with van der Waals surface area (Å²) in [4.78, 5) is 26.4. The maximum absolute atomic E-state index is 12.0. The topological polar surface area (TPSA) is 61.4 Å². The van der Waals surface area contributed by atoms with E-state index in [-0.39, 0.29) is 5.02 Å². The third-order valence-corrected chi connectivity index (χ3v) is 4.82. The van der Waals surface area contributed by atoms with Gasteiger partial charge in [0.15, 0.2) is 0 Å². The minimum atomic E-state index is -0.812. The van der Waals surface area contributed by atoms with Crippen LogP contribution < -0.4 is 15.5 Å². The Morgan fingerprint density at radius 2 is 1.52 bits per heavy atom. The third-order valence-electron chi connectivity index (χ3n) is 4.00. The molecule has 1 aliphatic rings. The maximum atomic E-state index is 12.0. The monoisotopic (exact) mass is 377 g/mol. The minimum Gasteiger partial charge on any atom is -0.372 e. The van der Waals surface area contributed by atoms with E-state index in [1.54, 1.807) is 30.3 Å². The lowest BCUT2D eigenvalue weighted by Gasteiger charge is -2.17. The molecule has 25 heavy (non-hydrogen) atoms. The molecule has 1 saturated heterocycles. The minimum absolute atomic E-state index is 0.195. The van der Waals surface area contributed by atoms with Gasteiger partial charge < -0.3 is 15.5 Å². The summed E-state index contributed by atoms with van der Waals surface area (Å²) in [7, 11) is 0. The predicted octanol–water partition coefficient (Wildman–Crippen LogP) is 4.17. The number of rotatable bonds is 3. The Morgan fingerprint density at radius 1 is 0.880 bits per heavy atom. The summed E-state index contributed by atoms with van der Waals surface area (Å²) < 4.78 is 0. The van der Waals surface area contributed by atoms with Crippen molar-refractivity contribution < 1.29 is 9.59 Å². The van der Waals surface area contributed by atoms with Gasteiger partial charge in [-0.15, -0.1) is 0 Å². The summed E-state index contributed by atoms with van der Waals surface area (Å²) in [6, 6.07) is 12.3. The van der Waals surface area contributed by atoms with E-state index in [9.17, 15) is 9.59 Å². The lowest BCUT2D eigenvalue weighted by atomic mass is 10.2. The van der Waals surface area contributed by atoms with Gasteiger partial charge >= 0.3 is 11.8 Å². The second kappa shape index (κ2) is 7.76. The molecule has 130 valence electrons. The molecule has 2 aromatic carbocycles. The normalized spacial score (nSPS) is 13.6. The van der Waals surface area contributed by atoms with Gasteiger partial charge in [-0.2, -0.15) is 0 Å². The van der Waals surface area contributed by atoms with Crippen molar-refractivity contribution in [2.45, 2.75) is 12.8 Å². The van der Waals surface area contributed by atoms with Crippen LogP contribution in [0.5, 0.6) is 0 Å². The molecule has 1 aliphatic heterocycles. The molecule has 0 saturated carbocycles. The van der Waals surface area contributed by atoms with Crippen LogP contribution in [0.3, 0.4) is 0 Å². The molecule has 5 nitrogen and oxygen atoms in total.